The van der Waals surface area contributed by atoms with Crippen LogP contribution in [0.1, 0.15) is 5.76 Å². The molecule has 3 aliphatic rings. The fraction of sp³-hybridized carbons (Fsp3) is 0.462. The molecule has 1 aromatic heterocycles. The van der Waals surface area contributed by atoms with Crippen molar-refractivity contribution < 1.29 is 24.0 Å². The van der Waals surface area contributed by atoms with Crippen molar-refractivity contribution in [3.63, 3.8) is 0 Å². The summed E-state index contributed by atoms with van der Waals surface area (Å²) in [5, 5.41) is 13.2. The van der Waals surface area contributed by atoms with Crippen molar-refractivity contribution in [2.75, 3.05) is 11.4 Å². The minimum Gasteiger partial charge on any atom is -0.481 e. The number of carbonyl (C=O) groups excluding carboxylic acids is 1. The highest BCUT2D eigenvalue weighted by atomic mass is 16.5. The molecular formula is C13H12N2O5. The lowest BCUT2D eigenvalue weighted by molar-refractivity contribution is -0.146. The number of nitrogens with zero attached hydrogens (tertiary/aromatic N) is 2. The molecule has 0 aliphatic carbocycles. The van der Waals surface area contributed by atoms with Gasteiger partial charge in [-0.1, -0.05) is 17.3 Å². The van der Waals surface area contributed by atoms with E-state index >= 15 is 0 Å². The Morgan fingerprint density at radius 2 is 2.40 bits per heavy atom. The highest BCUT2D eigenvalue weighted by molar-refractivity contribution is 6.01. The first kappa shape index (κ1) is 11.7. The first-order valence-corrected chi connectivity index (χ1v) is 6.36. The molecule has 4 atom stereocenters. The summed E-state index contributed by atoms with van der Waals surface area (Å²) in [6, 6.07) is 1.65. The molecule has 3 aliphatic heterocycles. The molecule has 2 fully saturated rings. The first-order valence-electron chi connectivity index (χ1n) is 6.36. The van der Waals surface area contributed by atoms with Crippen LogP contribution in [0.5, 0.6) is 0 Å². The van der Waals surface area contributed by atoms with E-state index in [1.807, 2.05) is 6.08 Å². The largest absolute Gasteiger partial charge is 0.481 e. The summed E-state index contributed by atoms with van der Waals surface area (Å²) >= 11 is 0. The van der Waals surface area contributed by atoms with Crippen molar-refractivity contribution in [2.45, 2.75) is 18.6 Å². The summed E-state index contributed by atoms with van der Waals surface area (Å²) < 4.78 is 10.8. The van der Waals surface area contributed by atoms with E-state index in [9.17, 15) is 14.7 Å². The lowest BCUT2D eigenvalue weighted by Gasteiger charge is -2.21. The molecule has 7 nitrogen and oxygen atoms in total. The van der Waals surface area contributed by atoms with Gasteiger partial charge in [0.05, 0.1) is 18.6 Å². The Morgan fingerprint density at radius 1 is 1.60 bits per heavy atom. The zero-order chi connectivity index (χ0) is 14.1. The monoisotopic (exact) mass is 276 g/mol. The van der Waals surface area contributed by atoms with Crippen LogP contribution in [0.15, 0.2) is 22.7 Å². The smallest absolute Gasteiger partial charge is 0.310 e. The van der Waals surface area contributed by atoms with E-state index in [2.05, 4.69) is 5.16 Å². The van der Waals surface area contributed by atoms with Crippen LogP contribution in [-0.2, 0) is 14.3 Å². The van der Waals surface area contributed by atoms with Crippen LogP contribution < -0.4 is 4.90 Å². The summed E-state index contributed by atoms with van der Waals surface area (Å²) in [4.78, 5) is 25.4. The molecule has 1 N–H and O–H groups in total. The predicted octanol–water partition coefficient (Wildman–Crippen LogP) is 0.354. The molecule has 7 heteroatoms. The number of aromatic nitrogens is 1. The number of anilines is 1. The molecule has 0 unspecified atom stereocenters. The first-order chi connectivity index (χ1) is 9.52. The van der Waals surface area contributed by atoms with Gasteiger partial charge in [0.15, 0.2) is 5.82 Å². The quantitative estimate of drug-likeness (QED) is 0.784. The Hall–Kier alpha value is -2.15. The zero-order valence-electron chi connectivity index (χ0n) is 10.6. The topological polar surface area (TPSA) is 92.9 Å². The summed E-state index contributed by atoms with van der Waals surface area (Å²) in [6.07, 6.45) is 3.04. The van der Waals surface area contributed by atoms with E-state index < -0.39 is 29.5 Å². The van der Waals surface area contributed by atoms with Crippen molar-refractivity contribution in [1.29, 1.82) is 0 Å². The maximum atomic E-state index is 12.6. The number of hydrogen-bond donors (Lipinski definition) is 1. The number of fused-ring (bicyclic) bond motifs is 1. The third-order valence-electron chi connectivity index (χ3n) is 4.28. The number of carboxylic acid groups (broad SMARTS) is 1. The second-order valence-electron chi connectivity index (χ2n) is 5.46. The van der Waals surface area contributed by atoms with Crippen molar-refractivity contribution in [3.05, 3.63) is 24.0 Å². The van der Waals surface area contributed by atoms with Crippen molar-refractivity contribution in [1.82, 2.24) is 5.16 Å². The Bertz CT molecular complexity index is 651. The molecule has 20 heavy (non-hydrogen) atoms. The van der Waals surface area contributed by atoms with Crippen molar-refractivity contribution >= 4 is 17.7 Å². The fourth-order valence-corrected chi connectivity index (χ4v) is 3.45. The van der Waals surface area contributed by atoms with Gasteiger partial charge in [0.1, 0.15) is 17.3 Å². The van der Waals surface area contributed by atoms with Gasteiger partial charge >= 0.3 is 5.97 Å². The van der Waals surface area contributed by atoms with E-state index in [-0.39, 0.29) is 12.5 Å². The highest BCUT2D eigenvalue weighted by Gasteiger charge is 2.67. The molecule has 4 heterocycles. The molecule has 2 saturated heterocycles. The van der Waals surface area contributed by atoms with Crippen molar-refractivity contribution in [2.24, 2.45) is 11.8 Å². The molecule has 4 rings (SSSR count). The van der Waals surface area contributed by atoms with Gasteiger partial charge in [0.2, 0.25) is 5.91 Å². The molecule has 1 amide bonds. The fourth-order valence-electron chi connectivity index (χ4n) is 3.45. The Balaban J connectivity index is 1.75. The van der Waals surface area contributed by atoms with Crippen molar-refractivity contribution in [3.8, 4) is 0 Å². The van der Waals surface area contributed by atoms with Crippen LogP contribution in [0.4, 0.5) is 5.82 Å². The predicted molar refractivity (Wildman–Crippen MR) is 65.0 cm³/mol. The number of rotatable bonds is 2. The summed E-state index contributed by atoms with van der Waals surface area (Å²) in [5.41, 5.74) is -0.836. The molecule has 0 aromatic carbocycles. The van der Waals surface area contributed by atoms with Crippen LogP contribution in [0, 0.1) is 18.8 Å². The number of hydrogen-bond acceptors (Lipinski definition) is 5. The van der Waals surface area contributed by atoms with Crippen LogP contribution >= 0.6 is 0 Å². The molecule has 2 bridgehead atoms. The number of aliphatic carboxylic acids is 1. The minimum atomic E-state index is -1.00. The van der Waals surface area contributed by atoms with Crippen LogP contribution in [0.25, 0.3) is 0 Å². The van der Waals surface area contributed by atoms with Gasteiger partial charge in [0.25, 0.3) is 0 Å². The molecule has 0 saturated carbocycles. The molecule has 1 aromatic rings. The van der Waals surface area contributed by atoms with Gasteiger partial charge < -0.3 is 14.4 Å². The third kappa shape index (κ3) is 1.25. The normalized spacial score (nSPS) is 37.8. The Labute approximate surface area is 113 Å². The van der Waals surface area contributed by atoms with Gasteiger partial charge in [-0.2, -0.15) is 0 Å². The van der Waals surface area contributed by atoms with Crippen LogP contribution in [0.2, 0.25) is 0 Å². The van der Waals surface area contributed by atoms with E-state index in [1.165, 1.54) is 4.90 Å². The lowest BCUT2D eigenvalue weighted by Crippen LogP contribution is -2.39. The Morgan fingerprint density at radius 3 is 3.05 bits per heavy atom. The second-order valence-corrected chi connectivity index (χ2v) is 5.46. The van der Waals surface area contributed by atoms with Gasteiger partial charge in [-0.25, -0.2) is 0 Å². The van der Waals surface area contributed by atoms with Gasteiger partial charge in [0, 0.05) is 6.07 Å². The molecule has 104 valence electrons. The van der Waals surface area contributed by atoms with Gasteiger partial charge in [-0.05, 0) is 6.92 Å². The van der Waals surface area contributed by atoms with Crippen LogP contribution in [0.3, 0.4) is 0 Å². The van der Waals surface area contributed by atoms with Crippen LogP contribution in [-0.4, -0.2) is 40.4 Å². The SMILES string of the molecule is Cc1cc(N2C[C@]34C=C[C@H](O3)[C@H](C(=O)O)[C@@H]4C2=O)no1. The number of carboxylic acids is 1. The minimum absolute atomic E-state index is 0.266. The van der Waals surface area contributed by atoms with E-state index in [4.69, 9.17) is 9.26 Å². The number of ether oxygens (including phenoxy) is 1. The standard InChI is InChI=1S/C13H12N2O5/c1-6-4-8(14-20-6)15-5-13-3-2-7(19-13)9(12(17)18)10(13)11(15)16/h2-4,7,9-10H,5H2,1H3,(H,17,18)/t7-,9-,10+,13-/m0/s1. The highest BCUT2D eigenvalue weighted by Crippen LogP contribution is 2.52. The second kappa shape index (κ2) is 3.49. The zero-order valence-corrected chi connectivity index (χ0v) is 10.6. The van der Waals surface area contributed by atoms with E-state index in [1.54, 1.807) is 19.1 Å². The Kier molecular flexibility index (Phi) is 2.03. The maximum absolute atomic E-state index is 12.6. The third-order valence-corrected chi connectivity index (χ3v) is 4.28. The van der Waals surface area contributed by atoms with E-state index in [0.717, 1.165) is 0 Å². The molecule has 0 radical (unpaired) electrons. The summed E-state index contributed by atoms with van der Waals surface area (Å²) in [7, 11) is 0. The average Bonchev–Trinajstić information content (AvgIpc) is 3.10. The average molecular weight is 276 g/mol. The molecular weight excluding hydrogens is 264 g/mol. The number of aryl methyl sites for hydroxylation is 1. The number of amides is 1. The molecule has 1 spiro atoms. The van der Waals surface area contributed by atoms with Gasteiger partial charge in [-0.15, -0.1) is 0 Å². The lowest BCUT2D eigenvalue weighted by atomic mass is 9.77. The number of carbonyl (C=O) groups is 2. The summed E-state index contributed by atoms with van der Waals surface area (Å²) in [6.45, 7) is 2.01. The van der Waals surface area contributed by atoms with E-state index in [0.29, 0.717) is 11.6 Å². The summed E-state index contributed by atoms with van der Waals surface area (Å²) in [5.74, 6) is -1.79. The van der Waals surface area contributed by atoms with Gasteiger partial charge in [-0.3, -0.25) is 14.5 Å². The maximum Gasteiger partial charge on any atom is 0.310 e.